The van der Waals surface area contributed by atoms with Crippen LogP contribution < -0.4 is 0 Å². The quantitative estimate of drug-likeness (QED) is 0.856. The van der Waals surface area contributed by atoms with Gasteiger partial charge in [0, 0.05) is 38.7 Å². The zero-order chi connectivity index (χ0) is 16.2. The Morgan fingerprint density at radius 3 is 2.04 bits per heavy atom. The van der Waals surface area contributed by atoms with E-state index in [-0.39, 0.29) is 11.8 Å². The van der Waals surface area contributed by atoms with Gasteiger partial charge in [-0.3, -0.25) is 9.59 Å². The molecule has 0 spiro atoms. The van der Waals surface area contributed by atoms with E-state index in [0.29, 0.717) is 31.7 Å². The Hall–Kier alpha value is -2.62. The normalized spacial score (nSPS) is 14.7. The smallest absolute Gasteiger partial charge is 0.253 e. The molecule has 0 unspecified atom stereocenters. The van der Waals surface area contributed by atoms with Crippen LogP contribution in [0.15, 0.2) is 54.6 Å². The lowest BCUT2D eigenvalue weighted by Gasteiger charge is -2.34. The number of hydrogen-bond donors (Lipinski definition) is 0. The van der Waals surface area contributed by atoms with E-state index in [4.69, 9.17) is 0 Å². The first kappa shape index (κ1) is 15.3. The Kier molecular flexibility index (Phi) is 4.42. The average Bonchev–Trinajstić information content (AvgIpc) is 2.62. The number of nitrogens with zero attached hydrogens (tertiary/aromatic N) is 2. The van der Waals surface area contributed by atoms with Crippen molar-refractivity contribution in [3.05, 3.63) is 60.2 Å². The molecular formula is C19H20N2O2. The summed E-state index contributed by atoms with van der Waals surface area (Å²) in [4.78, 5) is 27.7. The predicted octanol–water partition coefficient (Wildman–Crippen LogP) is 2.66. The highest BCUT2D eigenvalue weighted by Gasteiger charge is 2.23. The Morgan fingerprint density at radius 2 is 1.39 bits per heavy atom. The average molecular weight is 308 g/mol. The number of rotatable bonds is 2. The lowest BCUT2D eigenvalue weighted by Crippen LogP contribution is -2.50. The van der Waals surface area contributed by atoms with E-state index in [1.807, 2.05) is 59.5 Å². The summed E-state index contributed by atoms with van der Waals surface area (Å²) in [5.41, 5.74) is 2.84. The van der Waals surface area contributed by atoms with Gasteiger partial charge in [-0.15, -0.1) is 0 Å². The fourth-order valence-corrected chi connectivity index (χ4v) is 2.87. The third-order valence-electron chi connectivity index (χ3n) is 4.23. The number of carbonyl (C=O) groups excluding carboxylic acids is 2. The van der Waals surface area contributed by atoms with E-state index < -0.39 is 0 Å². The topological polar surface area (TPSA) is 40.6 Å². The van der Waals surface area contributed by atoms with Crippen LogP contribution >= 0.6 is 0 Å². The minimum atomic E-state index is 0.0333. The van der Waals surface area contributed by atoms with Crippen LogP contribution in [-0.2, 0) is 4.79 Å². The summed E-state index contributed by atoms with van der Waals surface area (Å²) in [7, 11) is 0. The van der Waals surface area contributed by atoms with Crippen molar-refractivity contribution in [1.29, 1.82) is 0 Å². The number of carbonyl (C=O) groups is 2. The highest BCUT2D eigenvalue weighted by atomic mass is 16.2. The van der Waals surface area contributed by atoms with Crippen LogP contribution in [0, 0.1) is 0 Å². The molecule has 1 heterocycles. The summed E-state index contributed by atoms with van der Waals surface area (Å²) in [6.07, 6.45) is 0. The summed E-state index contributed by atoms with van der Waals surface area (Å²) in [5, 5.41) is 0. The van der Waals surface area contributed by atoms with Crippen molar-refractivity contribution in [2.24, 2.45) is 0 Å². The van der Waals surface area contributed by atoms with Gasteiger partial charge in [-0.25, -0.2) is 0 Å². The summed E-state index contributed by atoms with van der Waals surface area (Å²) >= 11 is 0. The second-order valence-corrected chi connectivity index (χ2v) is 5.75. The SMILES string of the molecule is CC(=O)N1CCN(C(=O)c2cccc(-c3ccccc3)c2)CC1. The minimum Gasteiger partial charge on any atom is -0.339 e. The van der Waals surface area contributed by atoms with Crippen molar-refractivity contribution in [3.8, 4) is 11.1 Å². The highest BCUT2D eigenvalue weighted by molar-refractivity contribution is 5.95. The third-order valence-corrected chi connectivity index (χ3v) is 4.23. The largest absolute Gasteiger partial charge is 0.339 e. The molecule has 4 nitrogen and oxygen atoms in total. The van der Waals surface area contributed by atoms with Crippen LogP contribution in [0.1, 0.15) is 17.3 Å². The van der Waals surface area contributed by atoms with E-state index in [9.17, 15) is 9.59 Å². The van der Waals surface area contributed by atoms with Gasteiger partial charge in [-0.2, -0.15) is 0 Å². The summed E-state index contributed by atoms with van der Waals surface area (Å²) < 4.78 is 0. The fraction of sp³-hybridized carbons (Fsp3) is 0.263. The molecule has 0 N–H and O–H groups in total. The van der Waals surface area contributed by atoms with Crippen molar-refractivity contribution in [2.45, 2.75) is 6.92 Å². The highest BCUT2D eigenvalue weighted by Crippen LogP contribution is 2.21. The van der Waals surface area contributed by atoms with Gasteiger partial charge in [0.05, 0.1) is 0 Å². The van der Waals surface area contributed by atoms with Gasteiger partial charge in [-0.05, 0) is 23.3 Å². The van der Waals surface area contributed by atoms with E-state index in [1.54, 1.807) is 11.8 Å². The van der Waals surface area contributed by atoms with Crippen LogP contribution in [-0.4, -0.2) is 47.8 Å². The predicted molar refractivity (Wildman–Crippen MR) is 90.0 cm³/mol. The van der Waals surface area contributed by atoms with E-state index in [2.05, 4.69) is 0 Å². The lowest BCUT2D eigenvalue weighted by atomic mass is 10.0. The first-order valence-corrected chi connectivity index (χ1v) is 7.85. The molecule has 2 aromatic rings. The van der Waals surface area contributed by atoms with Crippen molar-refractivity contribution in [1.82, 2.24) is 9.80 Å². The first-order chi connectivity index (χ1) is 11.1. The first-order valence-electron chi connectivity index (χ1n) is 7.85. The second kappa shape index (κ2) is 6.65. The van der Waals surface area contributed by atoms with E-state index in [1.165, 1.54) is 0 Å². The van der Waals surface area contributed by atoms with Crippen molar-refractivity contribution in [3.63, 3.8) is 0 Å². The Morgan fingerprint density at radius 1 is 0.783 bits per heavy atom. The molecule has 0 radical (unpaired) electrons. The number of hydrogen-bond acceptors (Lipinski definition) is 2. The van der Waals surface area contributed by atoms with Gasteiger partial charge >= 0.3 is 0 Å². The molecule has 1 fully saturated rings. The van der Waals surface area contributed by atoms with Crippen LogP contribution in [0.25, 0.3) is 11.1 Å². The Balaban J connectivity index is 1.75. The molecule has 3 rings (SSSR count). The molecule has 1 aliphatic rings. The van der Waals surface area contributed by atoms with Gasteiger partial charge in [0.2, 0.25) is 5.91 Å². The Labute approximate surface area is 136 Å². The van der Waals surface area contributed by atoms with Gasteiger partial charge < -0.3 is 9.80 Å². The zero-order valence-electron chi connectivity index (χ0n) is 13.2. The van der Waals surface area contributed by atoms with Gasteiger partial charge in [0.1, 0.15) is 0 Å². The van der Waals surface area contributed by atoms with Crippen molar-refractivity contribution >= 4 is 11.8 Å². The van der Waals surface area contributed by atoms with Gasteiger partial charge in [0.25, 0.3) is 5.91 Å². The van der Waals surface area contributed by atoms with E-state index in [0.717, 1.165) is 11.1 Å². The standard InChI is InChI=1S/C19H20N2O2/c1-15(22)20-10-12-21(13-11-20)19(23)18-9-5-8-17(14-18)16-6-3-2-4-7-16/h2-9,14H,10-13H2,1H3. The molecule has 1 aliphatic heterocycles. The number of amides is 2. The molecule has 23 heavy (non-hydrogen) atoms. The molecule has 2 aromatic carbocycles. The fourth-order valence-electron chi connectivity index (χ4n) is 2.87. The maximum absolute atomic E-state index is 12.7. The van der Waals surface area contributed by atoms with Crippen LogP contribution in [0.2, 0.25) is 0 Å². The van der Waals surface area contributed by atoms with Crippen molar-refractivity contribution < 1.29 is 9.59 Å². The van der Waals surface area contributed by atoms with Gasteiger partial charge in [0.15, 0.2) is 0 Å². The second-order valence-electron chi connectivity index (χ2n) is 5.75. The zero-order valence-corrected chi connectivity index (χ0v) is 13.2. The Bertz CT molecular complexity index is 704. The molecular weight excluding hydrogens is 288 g/mol. The molecule has 0 atom stereocenters. The third kappa shape index (κ3) is 3.42. The molecule has 0 aromatic heterocycles. The molecule has 1 saturated heterocycles. The summed E-state index contributed by atoms with van der Waals surface area (Å²) in [6.45, 7) is 3.97. The van der Waals surface area contributed by atoms with E-state index >= 15 is 0 Å². The molecule has 2 amide bonds. The lowest BCUT2D eigenvalue weighted by molar-refractivity contribution is -0.130. The maximum Gasteiger partial charge on any atom is 0.253 e. The van der Waals surface area contributed by atoms with Gasteiger partial charge in [-0.1, -0.05) is 42.5 Å². The summed E-state index contributed by atoms with van der Waals surface area (Å²) in [5.74, 6) is 0.106. The van der Waals surface area contributed by atoms with Crippen molar-refractivity contribution in [2.75, 3.05) is 26.2 Å². The summed E-state index contributed by atoms with van der Waals surface area (Å²) in [6, 6.07) is 17.8. The monoisotopic (exact) mass is 308 g/mol. The molecule has 4 heteroatoms. The molecule has 118 valence electrons. The molecule has 0 bridgehead atoms. The molecule has 0 aliphatic carbocycles. The van der Waals surface area contributed by atoms with Crippen LogP contribution in [0.3, 0.4) is 0 Å². The van der Waals surface area contributed by atoms with Crippen LogP contribution in [0.4, 0.5) is 0 Å². The number of benzene rings is 2. The maximum atomic E-state index is 12.7. The number of piperazine rings is 1. The van der Waals surface area contributed by atoms with Crippen LogP contribution in [0.5, 0.6) is 0 Å². The molecule has 0 saturated carbocycles. The minimum absolute atomic E-state index is 0.0333.